The van der Waals surface area contributed by atoms with Crippen LogP contribution in [0.2, 0.25) is 0 Å². The third-order valence-electron chi connectivity index (χ3n) is 3.97. The minimum Gasteiger partial charge on any atom is -0.366 e. The van der Waals surface area contributed by atoms with E-state index >= 15 is 0 Å². The molecule has 1 aliphatic rings. The average Bonchev–Trinajstić information content (AvgIpc) is 3.26. The van der Waals surface area contributed by atoms with Crippen LogP contribution in [0, 0.1) is 0 Å². The lowest BCUT2D eigenvalue weighted by atomic mass is 10.0. The zero-order valence-electron chi connectivity index (χ0n) is 11.5. The van der Waals surface area contributed by atoms with E-state index < -0.39 is 5.91 Å². The van der Waals surface area contributed by atoms with Crippen molar-refractivity contribution in [1.82, 2.24) is 9.38 Å². The van der Waals surface area contributed by atoms with Gasteiger partial charge in [0.25, 0.3) is 0 Å². The summed E-state index contributed by atoms with van der Waals surface area (Å²) in [5.41, 5.74) is 9.93. The number of pyridine rings is 1. The third-order valence-corrected chi connectivity index (χ3v) is 3.97. The zero-order valence-corrected chi connectivity index (χ0v) is 11.5. The predicted molar refractivity (Wildman–Crippen MR) is 81.1 cm³/mol. The Morgan fingerprint density at radius 1 is 1.14 bits per heavy atom. The van der Waals surface area contributed by atoms with Crippen LogP contribution in [0.4, 0.5) is 0 Å². The van der Waals surface area contributed by atoms with Crippen LogP contribution in [0.1, 0.15) is 34.8 Å². The molecule has 2 N–H and O–H groups in total. The molecule has 0 spiro atoms. The van der Waals surface area contributed by atoms with Crippen molar-refractivity contribution in [3.05, 3.63) is 60.0 Å². The normalized spacial score (nSPS) is 14.5. The second-order valence-corrected chi connectivity index (χ2v) is 5.53. The van der Waals surface area contributed by atoms with Gasteiger partial charge in [0.05, 0.1) is 5.69 Å². The fourth-order valence-electron chi connectivity index (χ4n) is 2.70. The lowest BCUT2D eigenvalue weighted by Gasteiger charge is -2.07. The Bertz CT molecular complexity index is 846. The number of hydrogen-bond donors (Lipinski definition) is 1. The van der Waals surface area contributed by atoms with Gasteiger partial charge in [-0.15, -0.1) is 0 Å². The Morgan fingerprint density at radius 3 is 2.71 bits per heavy atom. The lowest BCUT2D eigenvalue weighted by Crippen LogP contribution is -2.12. The number of amides is 1. The molecule has 2 aromatic heterocycles. The SMILES string of the molecule is NC(=O)c1ccccc1-c1ccc2nc(C3CC3)cn2c1. The summed E-state index contributed by atoms with van der Waals surface area (Å²) in [6.07, 6.45) is 6.57. The minimum absolute atomic E-state index is 0.407. The van der Waals surface area contributed by atoms with Crippen molar-refractivity contribution in [2.45, 2.75) is 18.8 Å². The van der Waals surface area contributed by atoms with Crippen LogP contribution in [0.5, 0.6) is 0 Å². The van der Waals surface area contributed by atoms with E-state index in [1.807, 2.05) is 40.9 Å². The molecule has 1 aliphatic carbocycles. The first kappa shape index (κ1) is 12.1. The van der Waals surface area contributed by atoms with E-state index in [4.69, 9.17) is 5.73 Å². The topological polar surface area (TPSA) is 60.4 Å². The molecule has 3 aromatic rings. The Labute approximate surface area is 122 Å². The van der Waals surface area contributed by atoms with Gasteiger partial charge in [0, 0.05) is 23.9 Å². The molecule has 4 rings (SSSR count). The molecule has 0 bridgehead atoms. The number of aromatic nitrogens is 2. The van der Waals surface area contributed by atoms with Gasteiger partial charge in [0.15, 0.2) is 0 Å². The highest BCUT2D eigenvalue weighted by Gasteiger charge is 2.26. The van der Waals surface area contributed by atoms with Gasteiger partial charge in [0.2, 0.25) is 5.91 Å². The number of carbonyl (C=O) groups excluding carboxylic acids is 1. The summed E-state index contributed by atoms with van der Waals surface area (Å²) in [5.74, 6) is 0.223. The number of nitrogens with zero attached hydrogens (tertiary/aromatic N) is 2. The number of hydrogen-bond acceptors (Lipinski definition) is 2. The molecule has 1 saturated carbocycles. The quantitative estimate of drug-likeness (QED) is 0.800. The van der Waals surface area contributed by atoms with Crippen molar-refractivity contribution in [3.8, 4) is 11.1 Å². The molecule has 1 amide bonds. The lowest BCUT2D eigenvalue weighted by molar-refractivity contribution is 0.100. The smallest absolute Gasteiger partial charge is 0.249 e. The number of imidazole rings is 1. The molecule has 0 atom stereocenters. The number of carbonyl (C=O) groups is 1. The first-order chi connectivity index (χ1) is 10.2. The number of rotatable bonds is 3. The summed E-state index contributed by atoms with van der Waals surface area (Å²) in [4.78, 5) is 16.2. The zero-order chi connectivity index (χ0) is 14.4. The fraction of sp³-hybridized carbons (Fsp3) is 0.176. The fourth-order valence-corrected chi connectivity index (χ4v) is 2.70. The van der Waals surface area contributed by atoms with Crippen molar-refractivity contribution in [2.75, 3.05) is 0 Å². The molecular weight excluding hydrogens is 262 g/mol. The highest BCUT2D eigenvalue weighted by atomic mass is 16.1. The number of benzene rings is 1. The first-order valence-electron chi connectivity index (χ1n) is 7.10. The van der Waals surface area contributed by atoms with E-state index in [9.17, 15) is 4.79 Å². The van der Waals surface area contributed by atoms with Gasteiger partial charge in [-0.05, 0) is 42.2 Å². The monoisotopic (exact) mass is 277 g/mol. The van der Waals surface area contributed by atoms with E-state index in [0.717, 1.165) is 22.5 Å². The molecule has 4 heteroatoms. The maximum absolute atomic E-state index is 11.6. The van der Waals surface area contributed by atoms with E-state index in [-0.39, 0.29) is 0 Å². The number of nitrogens with two attached hydrogens (primary N) is 1. The number of fused-ring (bicyclic) bond motifs is 1. The van der Waals surface area contributed by atoms with Crippen LogP contribution in [0.3, 0.4) is 0 Å². The van der Waals surface area contributed by atoms with Crippen molar-refractivity contribution in [2.24, 2.45) is 5.73 Å². The molecule has 4 nitrogen and oxygen atoms in total. The van der Waals surface area contributed by atoms with Gasteiger partial charge in [-0.3, -0.25) is 4.79 Å². The second-order valence-electron chi connectivity index (χ2n) is 5.53. The molecule has 104 valence electrons. The predicted octanol–water partition coefficient (Wildman–Crippen LogP) is 2.98. The average molecular weight is 277 g/mol. The molecule has 1 aromatic carbocycles. The van der Waals surface area contributed by atoms with Crippen LogP contribution in [-0.2, 0) is 0 Å². The van der Waals surface area contributed by atoms with E-state index in [2.05, 4.69) is 11.2 Å². The maximum atomic E-state index is 11.6. The molecule has 21 heavy (non-hydrogen) atoms. The van der Waals surface area contributed by atoms with Gasteiger partial charge in [-0.25, -0.2) is 4.98 Å². The van der Waals surface area contributed by atoms with Gasteiger partial charge >= 0.3 is 0 Å². The van der Waals surface area contributed by atoms with Gasteiger partial charge in [0.1, 0.15) is 5.65 Å². The Balaban J connectivity index is 1.85. The number of primary amides is 1. The van der Waals surface area contributed by atoms with Crippen LogP contribution in [0.15, 0.2) is 48.8 Å². The molecule has 0 radical (unpaired) electrons. The van der Waals surface area contributed by atoms with Gasteiger partial charge in [-0.1, -0.05) is 18.2 Å². The van der Waals surface area contributed by atoms with E-state index in [1.54, 1.807) is 6.07 Å². The minimum atomic E-state index is -0.407. The van der Waals surface area contributed by atoms with Crippen molar-refractivity contribution in [3.63, 3.8) is 0 Å². The summed E-state index contributed by atoms with van der Waals surface area (Å²) < 4.78 is 2.03. The summed E-state index contributed by atoms with van der Waals surface area (Å²) in [5, 5.41) is 0. The van der Waals surface area contributed by atoms with Crippen molar-refractivity contribution < 1.29 is 4.79 Å². The standard InChI is InChI=1S/C17H15N3O/c18-17(21)14-4-2-1-3-13(14)12-7-8-16-19-15(11-5-6-11)10-20(16)9-12/h1-4,7-11H,5-6H2,(H2,18,21). The second kappa shape index (κ2) is 4.45. The van der Waals surface area contributed by atoms with E-state index in [0.29, 0.717) is 11.5 Å². The largest absolute Gasteiger partial charge is 0.366 e. The molecule has 0 unspecified atom stereocenters. The van der Waals surface area contributed by atoms with Crippen molar-refractivity contribution >= 4 is 11.6 Å². The molecule has 0 saturated heterocycles. The molecule has 2 heterocycles. The highest BCUT2D eigenvalue weighted by Crippen LogP contribution is 2.39. The summed E-state index contributed by atoms with van der Waals surface area (Å²) >= 11 is 0. The Morgan fingerprint density at radius 2 is 1.95 bits per heavy atom. The van der Waals surface area contributed by atoms with Crippen molar-refractivity contribution in [1.29, 1.82) is 0 Å². The first-order valence-corrected chi connectivity index (χ1v) is 7.10. The van der Waals surface area contributed by atoms with Gasteiger partial charge in [-0.2, -0.15) is 0 Å². The highest BCUT2D eigenvalue weighted by molar-refractivity contribution is 5.99. The van der Waals surface area contributed by atoms with E-state index in [1.165, 1.54) is 12.8 Å². The van der Waals surface area contributed by atoms with Crippen LogP contribution in [0.25, 0.3) is 16.8 Å². The maximum Gasteiger partial charge on any atom is 0.249 e. The molecular formula is C17H15N3O. The Kier molecular flexibility index (Phi) is 2.57. The summed E-state index contributed by atoms with van der Waals surface area (Å²) in [6, 6.07) is 11.4. The van der Waals surface area contributed by atoms with Gasteiger partial charge < -0.3 is 10.1 Å². The third kappa shape index (κ3) is 2.09. The van der Waals surface area contributed by atoms with Crippen LogP contribution < -0.4 is 5.73 Å². The van der Waals surface area contributed by atoms with Crippen LogP contribution in [-0.4, -0.2) is 15.3 Å². The van der Waals surface area contributed by atoms with Crippen LogP contribution >= 0.6 is 0 Å². The molecule has 0 aliphatic heterocycles. The summed E-state index contributed by atoms with van der Waals surface area (Å²) in [7, 11) is 0. The Hall–Kier alpha value is -2.62. The summed E-state index contributed by atoms with van der Waals surface area (Å²) in [6.45, 7) is 0. The molecule has 1 fully saturated rings.